The summed E-state index contributed by atoms with van der Waals surface area (Å²) < 4.78 is 5.14. The third-order valence-corrected chi connectivity index (χ3v) is 6.50. The number of rotatable bonds is 9. The minimum Gasteiger partial charge on any atom is -0.382 e. The number of anilines is 1. The molecule has 1 aromatic carbocycles. The number of carbonyl (C=O) groups excluding carboxylic acids is 2. The summed E-state index contributed by atoms with van der Waals surface area (Å²) in [5.74, 6) is -0.553. The smallest absolute Gasteiger partial charge is 0.269 e. The van der Waals surface area contributed by atoms with Crippen LogP contribution in [0.2, 0.25) is 0 Å². The van der Waals surface area contributed by atoms with Crippen LogP contribution < -0.4 is 10.6 Å². The summed E-state index contributed by atoms with van der Waals surface area (Å²) in [6.07, 6.45) is 5.19. The molecule has 3 rings (SSSR count). The summed E-state index contributed by atoms with van der Waals surface area (Å²) in [6.45, 7) is 1.99. The van der Waals surface area contributed by atoms with Crippen LogP contribution in [0.15, 0.2) is 24.3 Å². The van der Waals surface area contributed by atoms with Crippen molar-refractivity contribution in [1.82, 2.24) is 15.5 Å². The molecule has 2 amide bonds. The molecule has 0 saturated heterocycles. The van der Waals surface area contributed by atoms with Gasteiger partial charge in [-0.3, -0.25) is 25.0 Å². The van der Waals surface area contributed by atoms with Gasteiger partial charge in [0.1, 0.15) is 11.0 Å². The molecule has 1 atom stereocenters. The molecule has 2 N–H and O–H groups in total. The van der Waals surface area contributed by atoms with Gasteiger partial charge >= 0.3 is 0 Å². The topological polar surface area (TPSA) is 136 Å². The molecule has 0 radical (unpaired) electrons. The lowest BCUT2D eigenvalue weighted by molar-refractivity contribution is -0.384. The second-order valence-corrected chi connectivity index (χ2v) is 9.26. The van der Waals surface area contributed by atoms with Crippen molar-refractivity contribution in [2.24, 2.45) is 5.41 Å². The largest absolute Gasteiger partial charge is 0.382 e. The summed E-state index contributed by atoms with van der Waals surface area (Å²) in [7, 11) is 1.47. The maximum absolute atomic E-state index is 12.8. The predicted octanol–water partition coefficient (Wildman–Crippen LogP) is 3.08. The van der Waals surface area contributed by atoms with Gasteiger partial charge in [-0.1, -0.05) is 49.7 Å². The number of nitro groups is 1. The zero-order valence-corrected chi connectivity index (χ0v) is 18.9. The van der Waals surface area contributed by atoms with Crippen molar-refractivity contribution in [3.63, 3.8) is 0 Å². The van der Waals surface area contributed by atoms with Crippen molar-refractivity contribution >= 4 is 34.0 Å². The third-order valence-electron chi connectivity index (χ3n) is 5.66. The first-order chi connectivity index (χ1) is 15.3. The molecule has 32 heavy (non-hydrogen) atoms. The first kappa shape index (κ1) is 23.7. The lowest BCUT2D eigenvalue weighted by Crippen LogP contribution is -2.51. The average Bonchev–Trinajstić information content (AvgIpc) is 3.20. The molecular weight excluding hydrogens is 434 g/mol. The molecule has 1 aromatic heterocycles. The third kappa shape index (κ3) is 6.07. The molecule has 1 fully saturated rings. The van der Waals surface area contributed by atoms with Crippen LogP contribution in [-0.4, -0.2) is 46.7 Å². The van der Waals surface area contributed by atoms with Gasteiger partial charge in [-0.15, -0.1) is 10.2 Å². The fraction of sp³-hybridized carbons (Fsp3) is 0.524. The maximum Gasteiger partial charge on any atom is 0.269 e. The Balaban J connectivity index is 1.60. The van der Waals surface area contributed by atoms with Gasteiger partial charge in [-0.05, 0) is 18.4 Å². The van der Waals surface area contributed by atoms with Gasteiger partial charge in [0.05, 0.1) is 11.5 Å². The van der Waals surface area contributed by atoms with Crippen molar-refractivity contribution in [1.29, 1.82) is 0 Å². The predicted molar refractivity (Wildman–Crippen MR) is 119 cm³/mol. The quantitative estimate of drug-likeness (QED) is 0.432. The van der Waals surface area contributed by atoms with Crippen LogP contribution >= 0.6 is 11.3 Å². The molecule has 1 heterocycles. The molecule has 1 saturated carbocycles. The molecule has 0 bridgehead atoms. The number of non-ortho nitro benzene ring substituents is 1. The van der Waals surface area contributed by atoms with E-state index in [4.69, 9.17) is 4.74 Å². The minimum absolute atomic E-state index is 0.0206. The van der Waals surface area contributed by atoms with Crippen molar-refractivity contribution in [2.75, 3.05) is 19.0 Å². The maximum atomic E-state index is 12.8. The van der Waals surface area contributed by atoms with Crippen LogP contribution in [0.25, 0.3) is 0 Å². The van der Waals surface area contributed by atoms with Crippen LogP contribution in [-0.2, 0) is 20.7 Å². The van der Waals surface area contributed by atoms with E-state index in [9.17, 15) is 19.7 Å². The average molecular weight is 462 g/mol. The van der Waals surface area contributed by atoms with Crippen molar-refractivity contribution < 1.29 is 19.2 Å². The zero-order chi connectivity index (χ0) is 23.1. The van der Waals surface area contributed by atoms with E-state index in [0.717, 1.165) is 37.7 Å². The van der Waals surface area contributed by atoms with Crippen LogP contribution in [0.4, 0.5) is 10.8 Å². The van der Waals surface area contributed by atoms with Crippen LogP contribution in [0.3, 0.4) is 0 Å². The Labute approximate surface area is 189 Å². The molecular formula is C21H27N5O5S. The molecule has 0 aliphatic heterocycles. The number of methoxy groups -OCH3 is 1. The molecule has 2 aromatic rings. The Morgan fingerprint density at radius 2 is 1.91 bits per heavy atom. The number of hydrogen-bond acceptors (Lipinski definition) is 8. The second kappa shape index (κ2) is 10.6. The number of carbonyl (C=O) groups is 2. The normalized spacial score (nSPS) is 16.2. The summed E-state index contributed by atoms with van der Waals surface area (Å²) in [6, 6.07) is 5.35. The van der Waals surface area contributed by atoms with E-state index in [1.54, 1.807) is 12.1 Å². The highest BCUT2D eigenvalue weighted by atomic mass is 32.1. The number of nitro benzene ring substituents is 1. The van der Waals surface area contributed by atoms with Gasteiger partial charge in [0.25, 0.3) is 11.6 Å². The van der Waals surface area contributed by atoms with Gasteiger partial charge in [0.15, 0.2) is 0 Å². The highest BCUT2D eigenvalue weighted by Crippen LogP contribution is 2.36. The first-order valence-electron chi connectivity index (χ1n) is 10.5. The van der Waals surface area contributed by atoms with E-state index in [1.807, 2.05) is 6.92 Å². The summed E-state index contributed by atoms with van der Waals surface area (Å²) in [5, 5.41) is 25.3. The Bertz CT molecular complexity index is 956. The minimum atomic E-state index is -0.840. The number of ether oxygens (including phenoxy) is 1. The van der Waals surface area contributed by atoms with E-state index in [1.165, 1.54) is 30.6 Å². The molecule has 1 aliphatic rings. The molecule has 0 unspecified atom stereocenters. The van der Waals surface area contributed by atoms with Crippen molar-refractivity contribution in [3.8, 4) is 0 Å². The summed E-state index contributed by atoms with van der Waals surface area (Å²) >= 11 is 1.21. The molecule has 172 valence electrons. The van der Waals surface area contributed by atoms with Gasteiger partial charge in [0, 0.05) is 31.1 Å². The van der Waals surface area contributed by atoms with Crippen molar-refractivity contribution in [2.45, 2.75) is 51.5 Å². The second-order valence-electron chi connectivity index (χ2n) is 8.19. The molecule has 0 spiro atoms. The number of nitrogens with zero attached hydrogens (tertiary/aromatic N) is 3. The van der Waals surface area contributed by atoms with Gasteiger partial charge < -0.3 is 10.1 Å². The van der Waals surface area contributed by atoms with E-state index < -0.39 is 22.3 Å². The van der Waals surface area contributed by atoms with E-state index in [2.05, 4.69) is 20.8 Å². The number of amides is 2. The van der Waals surface area contributed by atoms with Crippen LogP contribution in [0.5, 0.6) is 0 Å². The summed E-state index contributed by atoms with van der Waals surface area (Å²) in [5.41, 5.74) is 0.396. The fourth-order valence-electron chi connectivity index (χ4n) is 3.72. The zero-order valence-electron chi connectivity index (χ0n) is 18.1. The SMILES string of the molecule is COC[C@@H](NC(=O)C1(C)CCCCC1)C(=O)Nc1nnc(Cc2ccc([N+](=O)[O-])cc2)s1. The van der Waals surface area contributed by atoms with Gasteiger partial charge in [-0.25, -0.2) is 0 Å². The number of hydrogen-bond donors (Lipinski definition) is 2. The number of nitrogens with one attached hydrogen (secondary N) is 2. The van der Waals surface area contributed by atoms with Gasteiger partial charge in [0.2, 0.25) is 11.0 Å². The van der Waals surface area contributed by atoms with E-state index in [-0.39, 0.29) is 18.2 Å². The Hall–Kier alpha value is -2.92. The lowest BCUT2D eigenvalue weighted by Gasteiger charge is -2.33. The molecule has 11 heteroatoms. The van der Waals surface area contributed by atoms with Gasteiger partial charge in [-0.2, -0.15) is 0 Å². The van der Waals surface area contributed by atoms with E-state index in [0.29, 0.717) is 16.6 Å². The monoisotopic (exact) mass is 461 g/mol. The number of benzene rings is 1. The Morgan fingerprint density at radius 3 is 2.53 bits per heavy atom. The Kier molecular flexibility index (Phi) is 7.86. The number of aromatic nitrogens is 2. The van der Waals surface area contributed by atoms with Crippen LogP contribution in [0.1, 0.15) is 49.6 Å². The summed E-state index contributed by atoms with van der Waals surface area (Å²) in [4.78, 5) is 35.9. The van der Waals surface area contributed by atoms with Crippen molar-refractivity contribution in [3.05, 3.63) is 45.0 Å². The highest BCUT2D eigenvalue weighted by molar-refractivity contribution is 7.15. The lowest BCUT2D eigenvalue weighted by atomic mass is 9.75. The highest BCUT2D eigenvalue weighted by Gasteiger charge is 2.36. The Morgan fingerprint density at radius 1 is 1.22 bits per heavy atom. The standard InChI is InChI=1S/C21H27N5O5S/c1-21(10-4-3-5-11-21)19(28)22-16(13-31-2)18(27)23-20-25-24-17(32-20)12-14-6-8-15(9-7-14)26(29)30/h6-9,16H,3-5,10-13H2,1-2H3,(H,22,28)(H,23,25,27)/t16-/m1/s1. The van der Waals surface area contributed by atoms with Crippen LogP contribution in [0, 0.1) is 15.5 Å². The molecule has 1 aliphatic carbocycles. The van der Waals surface area contributed by atoms with E-state index >= 15 is 0 Å². The molecule has 10 nitrogen and oxygen atoms in total. The fourth-order valence-corrected chi connectivity index (χ4v) is 4.50. The first-order valence-corrected chi connectivity index (χ1v) is 11.3.